The zero-order valence-corrected chi connectivity index (χ0v) is 14.7. The number of rotatable bonds is 5. The molecule has 0 bridgehead atoms. The maximum Gasteiger partial charge on any atom is 0.0885 e. The van der Waals surface area contributed by atoms with E-state index < -0.39 is 0 Å². The molecule has 0 unspecified atom stereocenters. The van der Waals surface area contributed by atoms with Gasteiger partial charge in [0, 0.05) is 31.0 Å². The summed E-state index contributed by atoms with van der Waals surface area (Å²) in [6.07, 6.45) is 6.26. The summed E-state index contributed by atoms with van der Waals surface area (Å²) in [5.41, 5.74) is 3.53. The first-order valence-corrected chi connectivity index (χ1v) is 8.77. The van der Waals surface area contributed by atoms with Gasteiger partial charge in [-0.3, -0.25) is 9.67 Å². The Bertz CT molecular complexity index is 644. The molecule has 1 saturated heterocycles. The Morgan fingerprint density at radius 3 is 2.65 bits per heavy atom. The molecular formula is C19H28N4. The lowest BCUT2D eigenvalue weighted by atomic mass is 9.98. The molecule has 1 aliphatic heterocycles. The van der Waals surface area contributed by atoms with Crippen LogP contribution < -0.4 is 0 Å². The molecule has 4 nitrogen and oxygen atoms in total. The Balaban J connectivity index is 1.74. The van der Waals surface area contributed by atoms with Gasteiger partial charge in [-0.1, -0.05) is 0 Å². The Labute approximate surface area is 139 Å². The third-order valence-electron chi connectivity index (χ3n) is 4.82. The van der Waals surface area contributed by atoms with Gasteiger partial charge in [0.05, 0.1) is 11.4 Å². The van der Waals surface area contributed by atoms with Crippen molar-refractivity contribution in [2.45, 2.75) is 52.6 Å². The Morgan fingerprint density at radius 2 is 1.96 bits per heavy atom. The molecule has 23 heavy (non-hydrogen) atoms. The van der Waals surface area contributed by atoms with Gasteiger partial charge in [0.2, 0.25) is 0 Å². The van der Waals surface area contributed by atoms with Crippen LogP contribution in [0.2, 0.25) is 0 Å². The molecule has 124 valence electrons. The lowest BCUT2D eigenvalue weighted by Crippen LogP contribution is -2.28. The fourth-order valence-corrected chi connectivity index (χ4v) is 3.50. The number of hydrogen-bond donors (Lipinski definition) is 0. The summed E-state index contributed by atoms with van der Waals surface area (Å²) in [6, 6.07) is 7.47. The van der Waals surface area contributed by atoms with Crippen LogP contribution in [0.1, 0.15) is 45.7 Å². The fraction of sp³-hybridized carbons (Fsp3) is 0.579. The smallest absolute Gasteiger partial charge is 0.0885 e. The van der Waals surface area contributed by atoms with Crippen LogP contribution in [0.25, 0.3) is 11.4 Å². The summed E-state index contributed by atoms with van der Waals surface area (Å²) in [5.74, 6) is 0.766. The van der Waals surface area contributed by atoms with Crippen molar-refractivity contribution in [2.75, 3.05) is 13.1 Å². The number of nitrogens with zero attached hydrogens (tertiary/aromatic N) is 4. The molecule has 0 amide bonds. The van der Waals surface area contributed by atoms with Crippen molar-refractivity contribution >= 4 is 0 Å². The normalized spacial score (nSPS) is 19.1. The second-order valence-corrected chi connectivity index (χ2v) is 7.25. The summed E-state index contributed by atoms with van der Waals surface area (Å²) in [6.45, 7) is 11.3. The second kappa shape index (κ2) is 6.83. The molecule has 4 heteroatoms. The summed E-state index contributed by atoms with van der Waals surface area (Å²) >= 11 is 0. The number of hydrogen-bond acceptors (Lipinski definition) is 3. The molecule has 3 rings (SSSR count). The fourth-order valence-electron chi connectivity index (χ4n) is 3.50. The summed E-state index contributed by atoms with van der Waals surface area (Å²) in [4.78, 5) is 7.16. The highest BCUT2D eigenvalue weighted by molar-refractivity contribution is 5.55. The predicted octanol–water partition coefficient (Wildman–Crippen LogP) is 3.80. The Hall–Kier alpha value is -1.68. The first-order chi connectivity index (χ1) is 11.0. The lowest BCUT2D eigenvalue weighted by Gasteiger charge is -2.20. The minimum Gasteiger partial charge on any atom is -0.301 e. The topological polar surface area (TPSA) is 34.0 Å². The van der Waals surface area contributed by atoms with Gasteiger partial charge in [-0.25, -0.2) is 0 Å². The summed E-state index contributed by atoms with van der Waals surface area (Å²) in [5, 5.41) is 4.42. The maximum absolute atomic E-state index is 4.57. The monoisotopic (exact) mass is 312 g/mol. The van der Waals surface area contributed by atoms with Crippen molar-refractivity contribution in [2.24, 2.45) is 5.92 Å². The third kappa shape index (κ3) is 3.63. The van der Waals surface area contributed by atoms with Gasteiger partial charge in [-0.2, -0.15) is 5.10 Å². The van der Waals surface area contributed by atoms with Crippen molar-refractivity contribution in [1.82, 2.24) is 19.7 Å². The quantitative estimate of drug-likeness (QED) is 0.842. The summed E-state index contributed by atoms with van der Waals surface area (Å²) in [7, 11) is 0. The van der Waals surface area contributed by atoms with Gasteiger partial charge in [0.1, 0.15) is 0 Å². The van der Waals surface area contributed by atoms with Gasteiger partial charge < -0.3 is 4.90 Å². The van der Waals surface area contributed by atoms with E-state index in [0.29, 0.717) is 12.1 Å². The zero-order valence-electron chi connectivity index (χ0n) is 14.7. The standard InChI is InChI=1S/C19H28N4/c1-14(2)22-10-7-17(13-22)11-16-5-8-20-18(12-16)19-6-9-21-23(19)15(3)4/h5-6,8-9,12,14-15,17H,7,10-11,13H2,1-4H3/t17-/m1/s1. The molecule has 0 N–H and O–H groups in total. The molecule has 3 heterocycles. The van der Waals surface area contributed by atoms with E-state index in [1.165, 1.54) is 25.1 Å². The SMILES string of the molecule is CC(C)N1CC[C@H](Cc2ccnc(-c3ccnn3C(C)C)c2)C1. The van der Waals surface area contributed by atoms with Gasteiger partial charge in [0.15, 0.2) is 0 Å². The Kier molecular flexibility index (Phi) is 4.81. The van der Waals surface area contributed by atoms with E-state index in [4.69, 9.17) is 0 Å². The predicted molar refractivity (Wildman–Crippen MR) is 94.4 cm³/mol. The van der Waals surface area contributed by atoms with Crippen LogP contribution in [-0.2, 0) is 6.42 Å². The van der Waals surface area contributed by atoms with Gasteiger partial charge in [-0.05, 0) is 76.8 Å². The minimum atomic E-state index is 0.347. The zero-order chi connectivity index (χ0) is 16.4. The van der Waals surface area contributed by atoms with Crippen LogP contribution in [0.15, 0.2) is 30.6 Å². The molecule has 1 aliphatic rings. The maximum atomic E-state index is 4.57. The average molecular weight is 312 g/mol. The summed E-state index contributed by atoms with van der Waals surface area (Å²) < 4.78 is 2.04. The minimum absolute atomic E-state index is 0.347. The first kappa shape index (κ1) is 16.2. The van der Waals surface area contributed by atoms with Crippen molar-refractivity contribution in [3.8, 4) is 11.4 Å². The van der Waals surface area contributed by atoms with E-state index in [-0.39, 0.29) is 0 Å². The van der Waals surface area contributed by atoms with Crippen molar-refractivity contribution in [1.29, 1.82) is 0 Å². The molecule has 1 fully saturated rings. The van der Waals surface area contributed by atoms with Crippen LogP contribution in [0.5, 0.6) is 0 Å². The van der Waals surface area contributed by atoms with E-state index >= 15 is 0 Å². The average Bonchev–Trinajstić information content (AvgIpc) is 3.16. The van der Waals surface area contributed by atoms with E-state index in [1.54, 1.807) is 0 Å². The Morgan fingerprint density at radius 1 is 1.13 bits per heavy atom. The van der Waals surface area contributed by atoms with Crippen molar-refractivity contribution < 1.29 is 0 Å². The number of likely N-dealkylation sites (tertiary alicyclic amines) is 1. The molecule has 0 saturated carbocycles. The molecular weight excluding hydrogens is 284 g/mol. The number of aromatic nitrogens is 3. The van der Waals surface area contributed by atoms with Gasteiger partial charge in [0.25, 0.3) is 0 Å². The first-order valence-electron chi connectivity index (χ1n) is 8.77. The van der Waals surface area contributed by atoms with E-state index in [2.05, 4.69) is 60.9 Å². The third-order valence-corrected chi connectivity index (χ3v) is 4.82. The molecule has 1 atom stereocenters. The van der Waals surface area contributed by atoms with Crippen LogP contribution in [-0.4, -0.2) is 38.8 Å². The van der Waals surface area contributed by atoms with Crippen LogP contribution >= 0.6 is 0 Å². The van der Waals surface area contributed by atoms with Crippen molar-refractivity contribution in [3.63, 3.8) is 0 Å². The molecule has 0 aromatic carbocycles. The molecule has 0 aliphatic carbocycles. The lowest BCUT2D eigenvalue weighted by molar-refractivity contribution is 0.265. The highest BCUT2D eigenvalue weighted by Crippen LogP contribution is 2.25. The van der Waals surface area contributed by atoms with E-state index in [9.17, 15) is 0 Å². The van der Waals surface area contributed by atoms with Gasteiger partial charge in [-0.15, -0.1) is 0 Å². The largest absolute Gasteiger partial charge is 0.301 e. The highest BCUT2D eigenvalue weighted by Gasteiger charge is 2.24. The molecule has 0 radical (unpaired) electrons. The second-order valence-electron chi connectivity index (χ2n) is 7.25. The van der Waals surface area contributed by atoms with Crippen LogP contribution in [0, 0.1) is 5.92 Å². The number of pyridine rings is 1. The molecule has 0 spiro atoms. The van der Waals surface area contributed by atoms with Gasteiger partial charge >= 0.3 is 0 Å². The van der Waals surface area contributed by atoms with Crippen LogP contribution in [0.3, 0.4) is 0 Å². The van der Waals surface area contributed by atoms with E-state index in [0.717, 1.165) is 23.7 Å². The van der Waals surface area contributed by atoms with Crippen LogP contribution in [0.4, 0.5) is 0 Å². The molecule has 2 aromatic rings. The van der Waals surface area contributed by atoms with E-state index in [1.807, 2.05) is 17.1 Å². The molecule has 2 aromatic heterocycles. The van der Waals surface area contributed by atoms with Crippen molar-refractivity contribution in [3.05, 3.63) is 36.2 Å². The highest BCUT2D eigenvalue weighted by atomic mass is 15.3.